The monoisotopic (exact) mass is 503 g/mol. The van der Waals surface area contributed by atoms with Gasteiger partial charge < -0.3 is 28.4 Å². The van der Waals surface area contributed by atoms with Gasteiger partial charge in [-0.3, -0.25) is 0 Å². The van der Waals surface area contributed by atoms with E-state index in [9.17, 15) is 0 Å². The summed E-state index contributed by atoms with van der Waals surface area (Å²) < 4.78 is 23.8. The minimum Gasteiger partial charge on any atom is -0.399 e. The summed E-state index contributed by atoms with van der Waals surface area (Å²) in [6.07, 6.45) is 3.51. The van der Waals surface area contributed by atoms with Crippen molar-refractivity contribution in [1.82, 2.24) is 15.0 Å². The Morgan fingerprint density at radius 2 is 1.11 bits per heavy atom. The molecule has 2 fully saturated rings. The van der Waals surface area contributed by atoms with Crippen LogP contribution in [0.15, 0.2) is 17.8 Å². The highest BCUT2D eigenvalue weighted by Gasteiger charge is 2.53. The Morgan fingerprint density at radius 1 is 0.686 bits per heavy atom. The van der Waals surface area contributed by atoms with Crippen molar-refractivity contribution < 1.29 is 18.6 Å². The molecule has 0 bridgehead atoms. The average Bonchev–Trinajstić information content (AvgIpc) is 3.36. The topological polar surface area (TPSA) is 82.1 Å². The van der Waals surface area contributed by atoms with Gasteiger partial charge in [-0.2, -0.15) is 0 Å². The van der Waals surface area contributed by atoms with E-state index in [1.54, 1.807) is 23.7 Å². The van der Waals surface area contributed by atoms with Gasteiger partial charge in [0.2, 0.25) is 5.95 Å². The summed E-state index contributed by atoms with van der Waals surface area (Å²) >= 11 is 1.60. The van der Waals surface area contributed by atoms with Crippen molar-refractivity contribution in [3.63, 3.8) is 0 Å². The fraction of sp³-hybridized carbons (Fsp3) is 0.696. The Labute approximate surface area is 214 Å². The lowest BCUT2D eigenvalue weighted by Crippen LogP contribution is -2.41. The number of nitrogens with zero attached hydrogens (tertiary/aromatic N) is 5. The number of thiazole rings is 1. The Balaban J connectivity index is 0.000000196. The maximum atomic E-state index is 5.95. The van der Waals surface area contributed by atoms with Crippen molar-refractivity contribution in [2.75, 3.05) is 38.0 Å². The lowest BCUT2D eigenvalue weighted by molar-refractivity contribution is 0.00578. The molecule has 0 saturated carbocycles. The van der Waals surface area contributed by atoms with Crippen molar-refractivity contribution >= 4 is 47.7 Å². The Bertz CT molecular complexity index is 980. The Kier molecular flexibility index (Phi) is 7.66. The third-order valence-corrected chi connectivity index (χ3v) is 8.00. The minimum absolute atomic E-state index is 0.306. The molecule has 2 saturated heterocycles. The predicted molar refractivity (Wildman–Crippen MR) is 144 cm³/mol. The molecular formula is C23H39B2N5O4S. The molecule has 2 aromatic rings. The molecule has 35 heavy (non-hydrogen) atoms. The second kappa shape index (κ2) is 9.63. The summed E-state index contributed by atoms with van der Waals surface area (Å²) in [5.74, 6) is 0.676. The lowest BCUT2D eigenvalue weighted by atomic mass is 9.81. The van der Waals surface area contributed by atoms with Gasteiger partial charge >= 0.3 is 14.2 Å². The zero-order valence-electron chi connectivity index (χ0n) is 23.2. The van der Waals surface area contributed by atoms with Crippen molar-refractivity contribution in [2.24, 2.45) is 0 Å². The fourth-order valence-electron chi connectivity index (χ4n) is 3.22. The molecule has 2 aromatic heterocycles. The largest absolute Gasteiger partial charge is 0.515 e. The molecule has 0 aliphatic carbocycles. The van der Waals surface area contributed by atoms with Crippen LogP contribution in [0.2, 0.25) is 0 Å². The molecule has 0 unspecified atom stereocenters. The summed E-state index contributed by atoms with van der Waals surface area (Å²) in [6, 6.07) is 0. The van der Waals surface area contributed by atoms with Gasteiger partial charge in [-0.15, -0.1) is 11.3 Å². The highest BCUT2D eigenvalue weighted by molar-refractivity contribution is 7.14. The molecule has 2 aliphatic heterocycles. The van der Waals surface area contributed by atoms with Crippen LogP contribution in [0.1, 0.15) is 55.4 Å². The zero-order valence-corrected chi connectivity index (χ0v) is 24.0. The maximum absolute atomic E-state index is 5.95. The number of aromatic nitrogens is 3. The smallest absolute Gasteiger partial charge is 0.399 e. The van der Waals surface area contributed by atoms with E-state index in [1.165, 1.54) is 0 Å². The molecule has 0 amide bonds. The fourth-order valence-corrected chi connectivity index (χ4v) is 3.98. The summed E-state index contributed by atoms with van der Waals surface area (Å²) in [6.45, 7) is 16.3. The average molecular weight is 503 g/mol. The molecule has 4 rings (SSSR count). The van der Waals surface area contributed by atoms with Crippen LogP contribution < -0.4 is 20.9 Å². The molecule has 0 radical (unpaired) electrons. The molecule has 0 atom stereocenters. The van der Waals surface area contributed by atoms with Gasteiger partial charge in [0.1, 0.15) is 0 Å². The van der Waals surface area contributed by atoms with Crippen LogP contribution in [-0.4, -0.2) is 79.8 Å². The van der Waals surface area contributed by atoms with Crippen LogP contribution in [0.4, 0.5) is 11.1 Å². The van der Waals surface area contributed by atoms with Crippen LogP contribution in [0, 0.1) is 0 Å². The van der Waals surface area contributed by atoms with E-state index in [4.69, 9.17) is 18.6 Å². The summed E-state index contributed by atoms with van der Waals surface area (Å²) in [7, 11) is 7.02. The van der Waals surface area contributed by atoms with E-state index in [2.05, 4.69) is 15.0 Å². The molecule has 192 valence electrons. The molecule has 0 spiro atoms. The summed E-state index contributed by atoms with van der Waals surface area (Å²) in [4.78, 5) is 16.9. The third-order valence-electron chi connectivity index (χ3n) is 6.97. The minimum atomic E-state index is -0.397. The van der Waals surface area contributed by atoms with Gasteiger partial charge in [0.15, 0.2) is 5.13 Å². The first-order chi connectivity index (χ1) is 16.0. The van der Waals surface area contributed by atoms with Crippen LogP contribution >= 0.6 is 11.3 Å². The van der Waals surface area contributed by atoms with Gasteiger partial charge in [-0.25, -0.2) is 15.0 Å². The molecule has 9 nitrogen and oxygen atoms in total. The predicted octanol–water partition coefficient (Wildman–Crippen LogP) is 2.35. The highest BCUT2D eigenvalue weighted by atomic mass is 32.1. The number of hydrogen-bond acceptors (Lipinski definition) is 10. The van der Waals surface area contributed by atoms with E-state index in [0.29, 0.717) is 5.95 Å². The molecular weight excluding hydrogens is 464 g/mol. The van der Waals surface area contributed by atoms with Crippen LogP contribution in [0.3, 0.4) is 0 Å². The SMILES string of the molecule is CN(C)c1nc(B2OC(C)(C)C(C)(C)O2)cs1.CN(C)c1ncc(B2OC(C)(C)C(C)(C)O2)cn1. The molecule has 0 aromatic carbocycles. The quantitative estimate of drug-likeness (QED) is 0.585. The van der Waals surface area contributed by atoms with Crippen LogP contribution in [0.25, 0.3) is 0 Å². The van der Waals surface area contributed by atoms with Gasteiger partial charge in [-0.05, 0) is 55.4 Å². The van der Waals surface area contributed by atoms with E-state index in [0.717, 1.165) is 16.2 Å². The second-order valence-electron chi connectivity index (χ2n) is 11.3. The highest BCUT2D eigenvalue weighted by Crippen LogP contribution is 2.37. The number of hydrogen-bond donors (Lipinski definition) is 0. The zero-order chi connectivity index (χ0) is 26.4. The lowest BCUT2D eigenvalue weighted by Gasteiger charge is -2.32. The number of anilines is 2. The summed E-state index contributed by atoms with van der Waals surface area (Å²) in [5.41, 5.74) is 0.422. The van der Waals surface area contributed by atoms with Crippen molar-refractivity contribution in [1.29, 1.82) is 0 Å². The summed E-state index contributed by atoms with van der Waals surface area (Å²) in [5, 5.41) is 2.96. The van der Waals surface area contributed by atoms with Crippen molar-refractivity contribution in [3.8, 4) is 0 Å². The Morgan fingerprint density at radius 3 is 1.49 bits per heavy atom. The van der Waals surface area contributed by atoms with Gasteiger partial charge in [-0.1, -0.05) is 0 Å². The number of rotatable bonds is 4. The van der Waals surface area contributed by atoms with E-state index in [1.807, 2.05) is 98.8 Å². The van der Waals surface area contributed by atoms with E-state index < -0.39 is 7.12 Å². The molecule has 4 heterocycles. The van der Waals surface area contributed by atoms with Crippen molar-refractivity contribution in [3.05, 3.63) is 17.8 Å². The standard InChI is InChI=1S/C12H20BN3O2.C11H19BN2O2S/c1-11(2)12(3,4)18-13(17-11)9-7-14-10(15-8-9)16(5)6;1-10(2)11(3,4)16-12(15-10)8-7-17-9(13-8)14(5)6/h7-8H,1-6H3;7H,1-6H3. The second-order valence-corrected chi connectivity index (χ2v) is 12.2. The first-order valence-corrected chi connectivity index (χ1v) is 12.7. The van der Waals surface area contributed by atoms with Gasteiger partial charge in [0.05, 0.1) is 28.0 Å². The molecule has 2 aliphatic rings. The normalized spacial score (nSPS) is 21.5. The molecule has 0 N–H and O–H groups in total. The first kappa shape index (κ1) is 27.9. The first-order valence-electron chi connectivity index (χ1n) is 11.8. The van der Waals surface area contributed by atoms with Gasteiger partial charge in [0, 0.05) is 51.4 Å². The van der Waals surface area contributed by atoms with E-state index in [-0.39, 0.29) is 29.5 Å². The van der Waals surface area contributed by atoms with Gasteiger partial charge in [0.25, 0.3) is 0 Å². The Hall–Kier alpha value is -1.72. The van der Waals surface area contributed by atoms with Crippen LogP contribution in [-0.2, 0) is 18.6 Å². The van der Waals surface area contributed by atoms with E-state index >= 15 is 0 Å². The third kappa shape index (κ3) is 5.83. The van der Waals surface area contributed by atoms with Crippen molar-refractivity contribution in [2.45, 2.75) is 77.8 Å². The van der Waals surface area contributed by atoms with Crippen LogP contribution in [0.5, 0.6) is 0 Å². The molecule has 12 heteroatoms. The maximum Gasteiger partial charge on any atom is 0.515 e.